The Labute approximate surface area is 280 Å². The van der Waals surface area contributed by atoms with Gasteiger partial charge in [0.05, 0.1) is 0 Å². The van der Waals surface area contributed by atoms with E-state index in [0.717, 1.165) is 40.2 Å². The molecule has 0 N–H and O–H groups in total. The molecule has 230 valence electrons. The van der Waals surface area contributed by atoms with Gasteiger partial charge in [0.1, 0.15) is 17.7 Å². The van der Waals surface area contributed by atoms with E-state index in [1.807, 2.05) is 24.3 Å². The molecule has 1 aliphatic heterocycles. The van der Waals surface area contributed by atoms with Crippen LogP contribution in [0.5, 0.6) is 5.75 Å². The Balaban J connectivity index is 1.06. The summed E-state index contributed by atoms with van der Waals surface area (Å²) in [6.07, 6.45) is 10.0. The van der Waals surface area contributed by atoms with Crippen LogP contribution in [0.2, 0.25) is 0 Å². The molecule has 0 fully saturated rings. The zero-order valence-electron chi connectivity index (χ0n) is 26.6. The van der Waals surface area contributed by atoms with E-state index in [2.05, 4.69) is 134 Å². The topological polar surface area (TPSA) is 47.9 Å². The Bertz CT molecular complexity index is 2270. The predicted octanol–water partition coefficient (Wildman–Crippen LogP) is 10.6. The highest BCUT2D eigenvalue weighted by Crippen LogP contribution is 2.54. The van der Waals surface area contributed by atoms with Crippen molar-refractivity contribution in [1.29, 1.82) is 0 Å². The van der Waals surface area contributed by atoms with Gasteiger partial charge in [-0.05, 0) is 58.9 Å². The van der Waals surface area contributed by atoms with Gasteiger partial charge in [-0.3, -0.25) is 0 Å². The maximum Gasteiger partial charge on any atom is 0.163 e. The molecule has 3 unspecified atom stereocenters. The lowest BCUT2D eigenvalue weighted by Gasteiger charge is -2.26. The molecule has 4 nitrogen and oxygen atoms in total. The fourth-order valence-electron chi connectivity index (χ4n) is 7.38. The van der Waals surface area contributed by atoms with Gasteiger partial charge in [-0.2, -0.15) is 0 Å². The van der Waals surface area contributed by atoms with Crippen molar-refractivity contribution in [2.24, 2.45) is 0 Å². The highest BCUT2D eigenvalue weighted by Gasteiger charge is 2.40. The summed E-state index contributed by atoms with van der Waals surface area (Å²) < 4.78 is 6.63. The number of rotatable bonds is 5. The third-order valence-corrected chi connectivity index (χ3v) is 9.76. The van der Waals surface area contributed by atoms with Gasteiger partial charge in [0.15, 0.2) is 11.6 Å². The molecular formula is C44H33N3O. The van der Waals surface area contributed by atoms with Crippen molar-refractivity contribution in [3.8, 4) is 39.7 Å². The zero-order valence-corrected chi connectivity index (χ0v) is 26.6. The number of hydrogen-bond acceptors (Lipinski definition) is 4. The first-order valence-electron chi connectivity index (χ1n) is 16.6. The highest BCUT2D eigenvalue weighted by molar-refractivity contribution is 5.82. The lowest BCUT2D eigenvalue weighted by atomic mass is 9.78. The number of allylic oxidation sites excluding steroid dienone is 5. The summed E-state index contributed by atoms with van der Waals surface area (Å²) in [5.74, 6) is 3.34. The molecule has 0 amide bonds. The van der Waals surface area contributed by atoms with Crippen molar-refractivity contribution >= 4 is 11.1 Å². The molecule has 0 radical (unpaired) electrons. The molecule has 0 bridgehead atoms. The van der Waals surface area contributed by atoms with Gasteiger partial charge in [-0.15, -0.1) is 0 Å². The molecule has 3 aliphatic rings. The Morgan fingerprint density at radius 1 is 0.625 bits per heavy atom. The minimum Gasteiger partial charge on any atom is -0.484 e. The molecule has 0 spiro atoms. The molecule has 4 heteroatoms. The largest absolute Gasteiger partial charge is 0.484 e. The summed E-state index contributed by atoms with van der Waals surface area (Å²) in [6, 6.07) is 44.2. The summed E-state index contributed by atoms with van der Waals surface area (Å²) >= 11 is 0. The summed E-state index contributed by atoms with van der Waals surface area (Å²) in [5, 5.41) is 0. The van der Waals surface area contributed by atoms with Gasteiger partial charge in [0.2, 0.25) is 0 Å². The zero-order chi connectivity index (χ0) is 32.0. The van der Waals surface area contributed by atoms with E-state index in [1.165, 1.54) is 33.4 Å². The van der Waals surface area contributed by atoms with Gasteiger partial charge in [0.25, 0.3) is 0 Å². The van der Waals surface area contributed by atoms with Gasteiger partial charge >= 0.3 is 0 Å². The second kappa shape index (κ2) is 11.7. The Kier molecular flexibility index (Phi) is 6.93. The number of fused-ring (bicyclic) bond motifs is 5. The first-order chi connectivity index (χ1) is 23.7. The van der Waals surface area contributed by atoms with Crippen LogP contribution in [-0.2, 0) is 0 Å². The normalized spacial score (nSPS) is 19.0. The summed E-state index contributed by atoms with van der Waals surface area (Å²) in [6.45, 7) is 2.21. The van der Waals surface area contributed by atoms with Crippen LogP contribution in [0.3, 0.4) is 0 Å². The van der Waals surface area contributed by atoms with E-state index in [9.17, 15) is 0 Å². The first kappa shape index (κ1) is 28.4. The SMILES string of the molecule is CC1=CC2c3c(cccc3C3=CCC(c4nc(-c5ccccc5)nc(-c5cccc(-c6ccccc6)c5)n4)C=C3)OC2c2ccccc21. The van der Waals surface area contributed by atoms with E-state index in [0.29, 0.717) is 11.6 Å². The van der Waals surface area contributed by atoms with Crippen molar-refractivity contribution in [1.82, 2.24) is 15.0 Å². The second-order valence-corrected chi connectivity index (χ2v) is 12.7. The van der Waals surface area contributed by atoms with E-state index in [1.54, 1.807) is 0 Å². The molecule has 0 saturated carbocycles. The first-order valence-corrected chi connectivity index (χ1v) is 16.6. The molecule has 6 aromatic rings. The molecule has 5 aromatic carbocycles. The van der Waals surface area contributed by atoms with Crippen LogP contribution in [0.25, 0.3) is 45.0 Å². The van der Waals surface area contributed by atoms with E-state index in [4.69, 9.17) is 19.7 Å². The van der Waals surface area contributed by atoms with Crippen LogP contribution in [0.15, 0.2) is 152 Å². The van der Waals surface area contributed by atoms with E-state index in [-0.39, 0.29) is 17.9 Å². The predicted molar refractivity (Wildman–Crippen MR) is 193 cm³/mol. The van der Waals surface area contributed by atoms with Gasteiger partial charge in [0, 0.05) is 34.1 Å². The van der Waals surface area contributed by atoms with Gasteiger partial charge < -0.3 is 4.74 Å². The molecule has 9 rings (SSSR count). The van der Waals surface area contributed by atoms with Crippen molar-refractivity contribution in [3.05, 3.63) is 180 Å². The molecule has 2 heterocycles. The molecule has 3 atom stereocenters. The minimum atomic E-state index is 0.00223. The van der Waals surface area contributed by atoms with Crippen LogP contribution in [0, 0.1) is 0 Å². The van der Waals surface area contributed by atoms with Crippen molar-refractivity contribution in [2.45, 2.75) is 31.3 Å². The number of nitrogens with zero attached hydrogens (tertiary/aromatic N) is 3. The minimum absolute atomic E-state index is 0.00223. The molecular weight excluding hydrogens is 587 g/mol. The highest BCUT2D eigenvalue weighted by atomic mass is 16.5. The molecule has 2 aliphatic carbocycles. The second-order valence-electron chi connectivity index (χ2n) is 12.7. The Morgan fingerprint density at radius 2 is 1.29 bits per heavy atom. The number of benzene rings is 5. The standard InChI is InChI=1S/C44H33N3O/c1-28-26-38-40-36(20-11-21-39(40)48-41(38)37-19-9-8-18-35(28)37)30-22-24-32(25-23-30)43-45-42(31-14-6-3-7-15-31)46-44(47-43)34-17-10-16-33(27-34)29-12-4-2-5-13-29/h2-24,26-27,32,38,41H,25H2,1H3. The fourth-order valence-corrected chi connectivity index (χ4v) is 7.38. The Hall–Kier alpha value is -5.87. The summed E-state index contributed by atoms with van der Waals surface area (Å²) in [4.78, 5) is 15.1. The average Bonchev–Trinajstić information content (AvgIpc) is 3.54. The van der Waals surface area contributed by atoms with Crippen LogP contribution >= 0.6 is 0 Å². The lowest BCUT2D eigenvalue weighted by molar-refractivity contribution is 0.223. The summed E-state index contributed by atoms with van der Waals surface area (Å²) in [7, 11) is 0. The molecule has 48 heavy (non-hydrogen) atoms. The number of hydrogen-bond donors (Lipinski definition) is 0. The van der Waals surface area contributed by atoms with Crippen LogP contribution in [0.1, 0.15) is 59.4 Å². The summed E-state index contributed by atoms with van der Waals surface area (Å²) in [5.41, 5.74) is 11.8. The van der Waals surface area contributed by atoms with Gasteiger partial charge in [-0.25, -0.2) is 15.0 Å². The quantitative estimate of drug-likeness (QED) is 0.193. The maximum atomic E-state index is 6.63. The third-order valence-electron chi connectivity index (χ3n) is 9.76. The number of aromatic nitrogens is 3. The maximum absolute atomic E-state index is 6.63. The fraction of sp³-hybridized carbons (Fsp3) is 0.114. The molecule has 0 saturated heterocycles. The van der Waals surface area contributed by atoms with Crippen LogP contribution < -0.4 is 4.74 Å². The molecule has 1 aromatic heterocycles. The van der Waals surface area contributed by atoms with Crippen LogP contribution in [0.4, 0.5) is 0 Å². The lowest BCUT2D eigenvalue weighted by Crippen LogP contribution is -2.15. The van der Waals surface area contributed by atoms with Crippen molar-refractivity contribution < 1.29 is 4.74 Å². The third kappa shape index (κ3) is 4.98. The smallest absolute Gasteiger partial charge is 0.163 e. The van der Waals surface area contributed by atoms with E-state index >= 15 is 0 Å². The number of ether oxygens (including phenoxy) is 1. The van der Waals surface area contributed by atoms with Crippen LogP contribution in [-0.4, -0.2) is 15.0 Å². The Morgan fingerprint density at radius 3 is 2.08 bits per heavy atom. The van der Waals surface area contributed by atoms with E-state index < -0.39 is 0 Å². The average molecular weight is 620 g/mol. The van der Waals surface area contributed by atoms with Crippen molar-refractivity contribution in [2.75, 3.05) is 0 Å². The monoisotopic (exact) mass is 619 g/mol. The van der Waals surface area contributed by atoms with Crippen molar-refractivity contribution in [3.63, 3.8) is 0 Å². The van der Waals surface area contributed by atoms with Gasteiger partial charge in [-0.1, -0.05) is 140 Å².